The van der Waals surface area contributed by atoms with Gasteiger partial charge in [0.2, 0.25) is 5.89 Å². The molecule has 6 rings (SSSR count). The van der Waals surface area contributed by atoms with Gasteiger partial charge in [0.25, 0.3) is 5.91 Å². The first-order chi connectivity index (χ1) is 15.4. The highest BCUT2D eigenvalue weighted by Crippen LogP contribution is 2.61. The predicted molar refractivity (Wildman–Crippen MR) is 114 cm³/mol. The van der Waals surface area contributed by atoms with Crippen LogP contribution in [-0.2, 0) is 4.79 Å². The number of aromatic nitrogens is 1. The normalized spacial score (nSPS) is 24.2. The number of rotatable bonds is 8. The van der Waals surface area contributed by atoms with E-state index in [9.17, 15) is 14.3 Å². The summed E-state index contributed by atoms with van der Waals surface area (Å²) in [5, 5.41) is 16.7. The number of carbonyl (C=O) groups excluding carboxylic acids is 1. The van der Waals surface area contributed by atoms with Gasteiger partial charge in [-0.1, -0.05) is 29.8 Å². The number of hydrogen-bond acceptors (Lipinski definition) is 6. The molecule has 0 saturated heterocycles. The summed E-state index contributed by atoms with van der Waals surface area (Å²) in [6.07, 6.45) is 2.60. The number of nitrogens with one attached hydrogen (secondary N) is 2. The van der Waals surface area contributed by atoms with Gasteiger partial charge < -0.3 is 19.6 Å². The second-order valence-corrected chi connectivity index (χ2v) is 8.89. The Morgan fingerprint density at radius 1 is 1.22 bits per heavy atom. The highest BCUT2D eigenvalue weighted by Gasteiger charge is 2.69. The number of hydrogen-bond donors (Lipinski definition) is 3. The van der Waals surface area contributed by atoms with Crippen molar-refractivity contribution in [1.29, 1.82) is 0 Å². The van der Waals surface area contributed by atoms with Crippen LogP contribution < -0.4 is 15.4 Å². The molecule has 1 aromatic heterocycles. The lowest BCUT2D eigenvalue weighted by Crippen LogP contribution is -2.83. The highest BCUT2D eigenvalue weighted by molar-refractivity contribution is 6.30. The largest absolute Gasteiger partial charge is 0.484 e. The zero-order valence-electron chi connectivity index (χ0n) is 17.0. The zero-order chi connectivity index (χ0) is 22.3. The molecule has 0 spiro atoms. The van der Waals surface area contributed by atoms with Crippen molar-refractivity contribution in [2.24, 2.45) is 0 Å². The van der Waals surface area contributed by atoms with Crippen molar-refractivity contribution in [3.8, 4) is 17.2 Å². The fourth-order valence-electron chi connectivity index (χ4n) is 4.61. The van der Waals surface area contributed by atoms with E-state index < -0.39 is 12.0 Å². The number of aliphatic hydroxyl groups is 1. The number of aliphatic hydroxyl groups excluding tert-OH is 1. The third kappa shape index (κ3) is 3.97. The summed E-state index contributed by atoms with van der Waals surface area (Å²) in [7, 11) is 0. The van der Waals surface area contributed by atoms with Gasteiger partial charge in [-0.15, -0.1) is 0 Å². The molecule has 166 valence electrons. The molecule has 0 radical (unpaired) electrons. The summed E-state index contributed by atoms with van der Waals surface area (Å²) in [6.45, 7) is -0.216. The van der Waals surface area contributed by atoms with Crippen molar-refractivity contribution in [3.05, 3.63) is 71.3 Å². The Morgan fingerprint density at radius 3 is 2.69 bits per heavy atom. The molecule has 3 aliphatic carbocycles. The van der Waals surface area contributed by atoms with E-state index in [1.54, 1.807) is 0 Å². The summed E-state index contributed by atoms with van der Waals surface area (Å²) < 4.78 is 24.5. The molecule has 1 atom stereocenters. The van der Waals surface area contributed by atoms with Crippen molar-refractivity contribution < 1.29 is 23.4 Å². The van der Waals surface area contributed by atoms with Gasteiger partial charge in [-0.05, 0) is 43.5 Å². The Balaban J connectivity index is 1.10. The van der Waals surface area contributed by atoms with Crippen LogP contribution in [-0.4, -0.2) is 33.7 Å². The van der Waals surface area contributed by atoms with Gasteiger partial charge in [-0.3, -0.25) is 10.1 Å². The van der Waals surface area contributed by atoms with Crippen molar-refractivity contribution in [1.82, 2.24) is 15.6 Å². The molecule has 1 amide bonds. The van der Waals surface area contributed by atoms with Crippen LogP contribution in [0.25, 0.3) is 11.5 Å². The average molecular weight is 458 g/mol. The molecular weight excluding hydrogens is 437 g/mol. The van der Waals surface area contributed by atoms with Crippen LogP contribution in [0.3, 0.4) is 0 Å². The summed E-state index contributed by atoms with van der Waals surface area (Å²) in [5.74, 6) is 0.150. The molecule has 32 heavy (non-hydrogen) atoms. The van der Waals surface area contributed by atoms with Crippen LogP contribution in [0.2, 0.25) is 5.02 Å². The van der Waals surface area contributed by atoms with Gasteiger partial charge >= 0.3 is 0 Å². The average Bonchev–Trinajstić information content (AvgIpc) is 3.23. The van der Waals surface area contributed by atoms with Crippen LogP contribution >= 0.6 is 11.6 Å². The monoisotopic (exact) mass is 457 g/mol. The van der Waals surface area contributed by atoms with Crippen LogP contribution in [0.4, 0.5) is 4.39 Å². The molecule has 2 aromatic carbocycles. The number of benzene rings is 2. The Bertz CT molecular complexity index is 1130. The molecule has 3 N–H and O–H groups in total. The molecule has 3 fully saturated rings. The molecule has 3 saturated carbocycles. The number of carbonyl (C=O) groups is 1. The third-order valence-electron chi connectivity index (χ3n) is 5.95. The molecule has 7 nitrogen and oxygen atoms in total. The summed E-state index contributed by atoms with van der Waals surface area (Å²) in [6, 6.07) is 13.5. The van der Waals surface area contributed by atoms with E-state index in [1.807, 2.05) is 30.3 Å². The smallest absolute Gasteiger partial charge is 0.258 e. The van der Waals surface area contributed by atoms with Crippen LogP contribution in [0.15, 0.2) is 59.1 Å². The van der Waals surface area contributed by atoms with Crippen LogP contribution in [0.1, 0.15) is 31.3 Å². The van der Waals surface area contributed by atoms with E-state index in [-0.39, 0.29) is 34.4 Å². The lowest BCUT2D eigenvalue weighted by molar-refractivity contribution is -0.152. The number of halogens is 2. The van der Waals surface area contributed by atoms with Crippen molar-refractivity contribution in [2.75, 3.05) is 6.61 Å². The minimum atomic E-state index is -0.989. The maximum absolute atomic E-state index is 13.5. The Labute approximate surface area is 188 Å². The first-order valence-corrected chi connectivity index (χ1v) is 10.6. The molecule has 1 heterocycles. The van der Waals surface area contributed by atoms with Crippen molar-refractivity contribution >= 4 is 17.5 Å². The fourth-order valence-corrected chi connectivity index (χ4v) is 4.73. The van der Waals surface area contributed by atoms with Crippen molar-refractivity contribution in [2.45, 2.75) is 36.6 Å². The minimum Gasteiger partial charge on any atom is -0.484 e. The fraction of sp³-hybridized carbons (Fsp3) is 0.304. The number of amides is 1. The summed E-state index contributed by atoms with van der Waals surface area (Å²) >= 11 is 5.64. The lowest BCUT2D eigenvalue weighted by Gasteiger charge is -2.71. The molecule has 0 aliphatic heterocycles. The second kappa shape index (κ2) is 7.88. The second-order valence-electron chi connectivity index (χ2n) is 8.48. The van der Waals surface area contributed by atoms with Crippen molar-refractivity contribution in [3.63, 3.8) is 0 Å². The van der Waals surface area contributed by atoms with Crippen LogP contribution in [0, 0.1) is 5.82 Å². The quantitative estimate of drug-likeness (QED) is 0.447. The molecule has 2 bridgehead atoms. The van der Waals surface area contributed by atoms with Gasteiger partial charge in [0, 0.05) is 22.7 Å². The molecular formula is C23H21ClFN3O4. The van der Waals surface area contributed by atoms with E-state index >= 15 is 0 Å². The van der Waals surface area contributed by atoms with E-state index in [0.29, 0.717) is 30.9 Å². The standard InChI is InChI=1S/C23H21ClFN3O4/c24-16-7-6-15(8-17(16)25)31-10-19(29)27-22-11-23(12-22,13-22)28-20(30)18-9-26-21(32-18)14-4-2-1-3-5-14/h1-9,20,28,30H,10-13H2,(H,27,29). The maximum Gasteiger partial charge on any atom is 0.258 e. The number of ether oxygens (including phenoxy) is 1. The van der Waals surface area contributed by atoms with Gasteiger partial charge in [0.05, 0.1) is 11.2 Å². The van der Waals surface area contributed by atoms with E-state index in [0.717, 1.165) is 11.6 Å². The van der Waals surface area contributed by atoms with Gasteiger partial charge in [0.1, 0.15) is 11.6 Å². The highest BCUT2D eigenvalue weighted by atomic mass is 35.5. The van der Waals surface area contributed by atoms with E-state index in [2.05, 4.69) is 15.6 Å². The molecule has 1 unspecified atom stereocenters. The SMILES string of the molecule is O=C(COc1ccc(Cl)c(F)c1)NC12CC(NC(O)c3cnc(-c4ccccc4)o3)(C1)C2. The minimum absolute atomic E-state index is 0.00252. The van der Waals surface area contributed by atoms with Gasteiger partial charge in [-0.2, -0.15) is 0 Å². The van der Waals surface area contributed by atoms with E-state index in [1.165, 1.54) is 18.3 Å². The first-order valence-electron chi connectivity index (χ1n) is 10.2. The Kier molecular flexibility index (Phi) is 5.16. The molecule has 3 aromatic rings. The topological polar surface area (TPSA) is 96.6 Å². The maximum atomic E-state index is 13.5. The van der Waals surface area contributed by atoms with Gasteiger partial charge in [-0.25, -0.2) is 9.37 Å². The summed E-state index contributed by atoms with van der Waals surface area (Å²) in [5.41, 5.74) is 0.295. The van der Waals surface area contributed by atoms with Crippen LogP contribution in [0.5, 0.6) is 5.75 Å². The number of nitrogens with zero attached hydrogens (tertiary/aromatic N) is 1. The zero-order valence-corrected chi connectivity index (χ0v) is 17.7. The molecule has 3 aliphatic rings. The summed E-state index contributed by atoms with van der Waals surface area (Å²) in [4.78, 5) is 16.5. The third-order valence-corrected chi connectivity index (χ3v) is 6.26. The number of oxazole rings is 1. The Morgan fingerprint density at radius 2 is 1.97 bits per heavy atom. The lowest BCUT2D eigenvalue weighted by atomic mass is 9.44. The van der Waals surface area contributed by atoms with E-state index in [4.69, 9.17) is 20.8 Å². The van der Waals surface area contributed by atoms with Gasteiger partial charge in [0.15, 0.2) is 18.6 Å². The molecule has 9 heteroatoms. The first kappa shape index (κ1) is 20.9. The Hall–Kier alpha value is -2.94. The predicted octanol–water partition coefficient (Wildman–Crippen LogP) is 3.58.